The summed E-state index contributed by atoms with van der Waals surface area (Å²) >= 11 is 3.57. The van der Waals surface area contributed by atoms with E-state index < -0.39 is 0 Å². The van der Waals surface area contributed by atoms with Crippen LogP contribution < -0.4 is 5.32 Å². The predicted octanol–water partition coefficient (Wildman–Crippen LogP) is 3.62. The van der Waals surface area contributed by atoms with Gasteiger partial charge in [-0.05, 0) is 61.3 Å². The van der Waals surface area contributed by atoms with Crippen LogP contribution in [0, 0.1) is 0 Å². The van der Waals surface area contributed by atoms with E-state index >= 15 is 0 Å². The van der Waals surface area contributed by atoms with Crippen molar-refractivity contribution in [3.63, 3.8) is 0 Å². The summed E-state index contributed by atoms with van der Waals surface area (Å²) in [5, 5.41) is 3.67. The lowest BCUT2D eigenvalue weighted by atomic mass is 9.83. The van der Waals surface area contributed by atoms with Crippen LogP contribution in [0.3, 0.4) is 0 Å². The third-order valence-electron chi connectivity index (χ3n) is 3.77. The molecule has 1 aromatic rings. The van der Waals surface area contributed by atoms with Crippen molar-refractivity contribution in [2.24, 2.45) is 0 Å². The minimum absolute atomic E-state index is 0.748. The molecule has 86 valence electrons. The first-order valence-electron chi connectivity index (χ1n) is 6.34. The molecule has 2 aliphatic carbocycles. The van der Waals surface area contributed by atoms with Crippen molar-refractivity contribution in [1.29, 1.82) is 0 Å². The van der Waals surface area contributed by atoms with Crippen LogP contribution in [0.15, 0.2) is 22.7 Å². The van der Waals surface area contributed by atoms with Crippen LogP contribution in [-0.4, -0.2) is 12.6 Å². The molecule has 1 N–H and O–H groups in total. The second-order valence-electron chi connectivity index (χ2n) is 5.11. The minimum atomic E-state index is 0.748. The highest BCUT2D eigenvalue weighted by molar-refractivity contribution is 9.10. The Bertz CT molecular complexity index is 384. The molecule has 1 unspecified atom stereocenters. The SMILES string of the molecule is Brc1ccc2c(c1)CCCC2CNC1CC1. The van der Waals surface area contributed by atoms with Crippen molar-refractivity contribution in [2.75, 3.05) is 6.54 Å². The van der Waals surface area contributed by atoms with Crippen molar-refractivity contribution in [3.05, 3.63) is 33.8 Å². The average Bonchev–Trinajstić information content (AvgIpc) is 3.09. The van der Waals surface area contributed by atoms with Crippen LogP contribution in [0.2, 0.25) is 0 Å². The van der Waals surface area contributed by atoms with Crippen LogP contribution in [-0.2, 0) is 6.42 Å². The lowest BCUT2D eigenvalue weighted by molar-refractivity contribution is 0.506. The second-order valence-corrected chi connectivity index (χ2v) is 6.03. The molecule has 1 aromatic carbocycles. The zero-order valence-electron chi connectivity index (χ0n) is 9.51. The van der Waals surface area contributed by atoms with Crippen molar-refractivity contribution >= 4 is 15.9 Å². The molecule has 0 spiro atoms. The van der Waals surface area contributed by atoms with Gasteiger partial charge in [-0.3, -0.25) is 0 Å². The summed E-state index contributed by atoms with van der Waals surface area (Å²) in [7, 11) is 0. The van der Waals surface area contributed by atoms with Crippen LogP contribution in [0.1, 0.15) is 42.7 Å². The van der Waals surface area contributed by atoms with Crippen molar-refractivity contribution in [1.82, 2.24) is 5.32 Å². The van der Waals surface area contributed by atoms with Crippen LogP contribution in [0.5, 0.6) is 0 Å². The average molecular weight is 280 g/mol. The largest absolute Gasteiger partial charge is 0.313 e. The van der Waals surface area contributed by atoms with Gasteiger partial charge in [-0.25, -0.2) is 0 Å². The molecule has 1 atom stereocenters. The molecule has 0 aromatic heterocycles. The predicted molar refractivity (Wildman–Crippen MR) is 70.8 cm³/mol. The van der Waals surface area contributed by atoms with Gasteiger partial charge in [0.15, 0.2) is 0 Å². The number of rotatable bonds is 3. The Morgan fingerprint density at radius 3 is 2.94 bits per heavy atom. The van der Waals surface area contributed by atoms with Crippen molar-refractivity contribution < 1.29 is 0 Å². The van der Waals surface area contributed by atoms with Gasteiger partial charge < -0.3 is 5.32 Å². The fourth-order valence-corrected chi connectivity index (χ4v) is 3.10. The lowest BCUT2D eigenvalue weighted by Crippen LogP contribution is -2.25. The van der Waals surface area contributed by atoms with Crippen LogP contribution >= 0.6 is 15.9 Å². The lowest BCUT2D eigenvalue weighted by Gasteiger charge is -2.26. The van der Waals surface area contributed by atoms with Gasteiger partial charge in [0, 0.05) is 17.1 Å². The highest BCUT2D eigenvalue weighted by Gasteiger charge is 2.24. The van der Waals surface area contributed by atoms with E-state index in [1.807, 2.05) is 0 Å². The Morgan fingerprint density at radius 2 is 2.12 bits per heavy atom. The number of hydrogen-bond donors (Lipinski definition) is 1. The van der Waals surface area contributed by atoms with E-state index in [1.165, 1.54) is 43.1 Å². The summed E-state index contributed by atoms with van der Waals surface area (Å²) in [6, 6.07) is 7.64. The first-order chi connectivity index (χ1) is 7.83. The molecule has 2 aliphatic rings. The number of hydrogen-bond acceptors (Lipinski definition) is 1. The summed E-state index contributed by atoms with van der Waals surface area (Å²) in [6.07, 6.45) is 6.74. The van der Waals surface area contributed by atoms with Crippen LogP contribution in [0.25, 0.3) is 0 Å². The summed E-state index contributed by atoms with van der Waals surface area (Å²) in [4.78, 5) is 0. The molecule has 1 saturated carbocycles. The number of benzene rings is 1. The second kappa shape index (κ2) is 4.50. The highest BCUT2D eigenvalue weighted by Crippen LogP contribution is 2.33. The molecular weight excluding hydrogens is 262 g/mol. The summed E-state index contributed by atoms with van der Waals surface area (Å²) in [5.41, 5.74) is 3.14. The van der Waals surface area contributed by atoms with Crippen LogP contribution in [0.4, 0.5) is 0 Å². The molecule has 0 heterocycles. The molecule has 1 nitrogen and oxygen atoms in total. The number of halogens is 1. The molecule has 0 aliphatic heterocycles. The number of nitrogens with one attached hydrogen (secondary N) is 1. The Labute approximate surface area is 106 Å². The normalized spacial score (nSPS) is 24.2. The van der Waals surface area contributed by atoms with Crippen molar-refractivity contribution in [3.8, 4) is 0 Å². The summed E-state index contributed by atoms with van der Waals surface area (Å²) in [5.74, 6) is 0.748. The monoisotopic (exact) mass is 279 g/mol. The van der Waals surface area contributed by atoms with Gasteiger partial charge in [0.2, 0.25) is 0 Å². The maximum atomic E-state index is 3.67. The van der Waals surface area contributed by atoms with E-state index in [2.05, 4.69) is 39.4 Å². The smallest absolute Gasteiger partial charge is 0.0178 e. The molecule has 2 heteroatoms. The van der Waals surface area contributed by atoms with Gasteiger partial charge >= 0.3 is 0 Å². The van der Waals surface area contributed by atoms with Gasteiger partial charge in [-0.1, -0.05) is 22.0 Å². The van der Waals surface area contributed by atoms with E-state index in [9.17, 15) is 0 Å². The van der Waals surface area contributed by atoms with E-state index in [-0.39, 0.29) is 0 Å². The molecule has 0 bridgehead atoms. The van der Waals surface area contributed by atoms with Gasteiger partial charge in [-0.15, -0.1) is 0 Å². The molecule has 16 heavy (non-hydrogen) atoms. The first-order valence-corrected chi connectivity index (χ1v) is 7.14. The Morgan fingerprint density at radius 1 is 1.25 bits per heavy atom. The number of fused-ring (bicyclic) bond motifs is 1. The molecule has 0 saturated heterocycles. The highest BCUT2D eigenvalue weighted by atomic mass is 79.9. The zero-order chi connectivity index (χ0) is 11.0. The van der Waals surface area contributed by atoms with Gasteiger partial charge in [0.1, 0.15) is 0 Å². The maximum Gasteiger partial charge on any atom is 0.0178 e. The fraction of sp³-hybridized carbons (Fsp3) is 0.571. The van der Waals surface area contributed by atoms with Gasteiger partial charge in [0.05, 0.1) is 0 Å². The summed E-state index contributed by atoms with van der Waals surface area (Å²) in [6.45, 7) is 1.18. The Hall–Kier alpha value is -0.340. The van der Waals surface area contributed by atoms with Gasteiger partial charge in [0.25, 0.3) is 0 Å². The Balaban J connectivity index is 1.76. The fourth-order valence-electron chi connectivity index (χ4n) is 2.69. The Kier molecular flexibility index (Phi) is 3.03. The quantitative estimate of drug-likeness (QED) is 0.891. The standard InChI is InChI=1S/C14H18BrN/c15-12-4-7-14-10(8-12)2-1-3-11(14)9-16-13-5-6-13/h4,7-8,11,13,16H,1-3,5-6,9H2. The van der Waals surface area contributed by atoms with E-state index in [4.69, 9.17) is 0 Å². The maximum absolute atomic E-state index is 3.67. The molecule has 3 rings (SSSR count). The minimum Gasteiger partial charge on any atom is -0.313 e. The zero-order valence-corrected chi connectivity index (χ0v) is 11.1. The topological polar surface area (TPSA) is 12.0 Å². The number of aryl methyl sites for hydroxylation is 1. The molecule has 0 radical (unpaired) electrons. The molecule has 0 amide bonds. The van der Waals surface area contributed by atoms with E-state index in [0.717, 1.165) is 12.0 Å². The molecular formula is C14H18BrN. The van der Waals surface area contributed by atoms with Crippen molar-refractivity contribution in [2.45, 2.75) is 44.1 Å². The first kappa shape index (κ1) is 10.8. The third-order valence-corrected chi connectivity index (χ3v) is 4.27. The van der Waals surface area contributed by atoms with E-state index in [1.54, 1.807) is 11.1 Å². The third kappa shape index (κ3) is 2.33. The summed E-state index contributed by atoms with van der Waals surface area (Å²) < 4.78 is 1.22. The van der Waals surface area contributed by atoms with E-state index in [0.29, 0.717) is 0 Å². The molecule has 1 fully saturated rings. The van der Waals surface area contributed by atoms with Gasteiger partial charge in [-0.2, -0.15) is 0 Å².